The lowest BCUT2D eigenvalue weighted by atomic mass is 10.00. The van der Waals surface area contributed by atoms with E-state index in [0.717, 1.165) is 5.56 Å². The number of ether oxygens (including phenoxy) is 1. The van der Waals surface area contributed by atoms with Gasteiger partial charge in [-0.2, -0.15) is 10.4 Å². The van der Waals surface area contributed by atoms with Crippen molar-refractivity contribution < 1.29 is 9.13 Å². The van der Waals surface area contributed by atoms with Crippen LogP contribution in [0.3, 0.4) is 0 Å². The molecule has 4 aromatic rings. The summed E-state index contributed by atoms with van der Waals surface area (Å²) in [6, 6.07) is 13.4. The number of nitrogens with one attached hydrogen (secondary N) is 1. The van der Waals surface area contributed by atoms with Gasteiger partial charge in [0.2, 0.25) is 0 Å². The molecule has 10 heteroatoms. The zero-order chi connectivity index (χ0) is 24.9. The van der Waals surface area contributed by atoms with Crippen molar-refractivity contribution in [3.05, 3.63) is 89.3 Å². The lowest BCUT2D eigenvalue weighted by molar-refractivity contribution is 0.414. The van der Waals surface area contributed by atoms with Crippen LogP contribution < -0.4 is 15.8 Å². The Bertz CT molecular complexity index is 1440. The minimum atomic E-state index is -0.368. The molecule has 0 bridgehead atoms. The summed E-state index contributed by atoms with van der Waals surface area (Å²) >= 11 is 0. The molecular formula is C25H23FN8O. The predicted octanol–water partition coefficient (Wildman–Crippen LogP) is 3.90. The number of hydrogen-bond acceptors (Lipinski definition) is 8. The van der Waals surface area contributed by atoms with Crippen molar-refractivity contribution >= 4 is 17.3 Å². The Hall–Kier alpha value is -4.78. The van der Waals surface area contributed by atoms with Crippen LogP contribution >= 0.6 is 0 Å². The minimum absolute atomic E-state index is 0.221. The van der Waals surface area contributed by atoms with Crippen LogP contribution in [0.1, 0.15) is 35.2 Å². The molecule has 0 aliphatic heterocycles. The number of nitriles is 1. The quantitative estimate of drug-likeness (QED) is 0.392. The first-order valence-corrected chi connectivity index (χ1v) is 10.7. The van der Waals surface area contributed by atoms with Crippen LogP contribution in [-0.4, -0.2) is 39.6 Å². The lowest BCUT2D eigenvalue weighted by Crippen LogP contribution is -2.16. The Labute approximate surface area is 201 Å². The number of nitrogen functional groups attached to an aromatic ring is 1. The summed E-state index contributed by atoms with van der Waals surface area (Å²) in [7, 11) is 3.15. The molecule has 0 spiro atoms. The second-order valence-electron chi connectivity index (χ2n) is 7.65. The smallest absolute Gasteiger partial charge is 0.148 e. The van der Waals surface area contributed by atoms with E-state index in [1.165, 1.54) is 24.2 Å². The summed E-state index contributed by atoms with van der Waals surface area (Å²) in [5, 5.41) is 17.1. The standard InChI is InChI=1S/C25H23FN8O/c1-15(18-12-32-34(13-18)21-7-5-4-6-20(21)26)33-25-22(24(28)30-14-31-25)23(29-2)17-8-16(11-27)9-19(10-17)35-3/h4-10,12-15H,1-3H3,(H3,28,30,31,33). The first kappa shape index (κ1) is 23.4. The van der Waals surface area contributed by atoms with E-state index >= 15 is 0 Å². The van der Waals surface area contributed by atoms with Gasteiger partial charge in [-0.25, -0.2) is 19.0 Å². The maximum atomic E-state index is 14.2. The Morgan fingerprint density at radius 2 is 2.06 bits per heavy atom. The van der Waals surface area contributed by atoms with Gasteiger partial charge in [0.1, 0.15) is 35.2 Å². The maximum absolute atomic E-state index is 14.2. The normalized spacial score (nSPS) is 12.1. The van der Waals surface area contributed by atoms with Crippen LogP contribution in [0.2, 0.25) is 0 Å². The van der Waals surface area contributed by atoms with Crippen molar-refractivity contribution in [2.24, 2.45) is 4.99 Å². The molecule has 2 aromatic heterocycles. The second kappa shape index (κ2) is 10.0. The van der Waals surface area contributed by atoms with E-state index in [1.54, 1.807) is 55.8 Å². The number of methoxy groups -OCH3 is 1. The number of aliphatic imine (C=N–C) groups is 1. The highest BCUT2D eigenvalue weighted by Gasteiger charge is 2.21. The third kappa shape index (κ3) is 4.79. The summed E-state index contributed by atoms with van der Waals surface area (Å²) in [4.78, 5) is 13.0. The first-order valence-electron chi connectivity index (χ1n) is 10.7. The van der Waals surface area contributed by atoms with Crippen molar-refractivity contribution in [2.45, 2.75) is 13.0 Å². The monoisotopic (exact) mass is 470 g/mol. The highest BCUT2D eigenvalue weighted by Crippen LogP contribution is 2.28. The molecule has 1 atom stereocenters. The molecule has 0 radical (unpaired) electrons. The SMILES string of the molecule is CN=C(c1cc(C#N)cc(OC)c1)c1c(N)ncnc1NC(C)c1cnn(-c2ccccc2F)c1. The Balaban J connectivity index is 1.69. The molecular weight excluding hydrogens is 447 g/mol. The van der Waals surface area contributed by atoms with Gasteiger partial charge in [-0.1, -0.05) is 12.1 Å². The van der Waals surface area contributed by atoms with E-state index in [-0.39, 0.29) is 17.7 Å². The number of hydrogen-bond donors (Lipinski definition) is 2. The molecule has 0 aliphatic rings. The van der Waals surface area contributed by atoms with Crippen molar-refractivity contribution in [3.8, 4) is 17.5 Å². The van der Waals surface area contributed by atoms with Crippen molar-refractivity contribution in [2.75, 3.05) is 25.2 Å². The number of aromatic nitrogens is 4. The van der Waals surface area contributed by atoms with Crippen LogP contribution in [0.5, 0.6) is 5.75 Å². The van der Waals surface area contributed by atoms with Gasteiger partial charge in [0.25, 0.3) is 0 Å². The van der Waals surface area contributed by atoms with Crippen LogP contribution in [0.15, 0.2) is 66.2 Å². The Kier molecular flexibility index (Phi) is 6.69. The fraction of sp³-hybridized carbons (Fsp3) is 0.160. The van der Waals surface area contributed by atoms with Gasteiger partial charge in [0.15, 0.2) is 0 Å². The highest BCUT2D eigenvalue weighted by molar-refractivity contribution is 6.18. The van der Waals surface area contributed by atoms with E-state index in [2.05, 4.69) is 31.4 Å². The molecule has 2 aromatic carbocycles. The van der Waals surface area contributed by atoms with Crippen molar-refractivity contribution in [1.29, 1.82) is 5.26 Å². The second-order valence-corrected chi connectivity index (χ2v) is 7.65. The van der Waals surface area contributed by atoms with Gasteiger partial charge in [-0.05, 0) is 37.3 Å². The average molecular weight is 471 g/mol. The molecule has 0 saturated carbocycles. The molecule has 0 aliphatic carbocycles. The van der Waals surface area contributed by atoms with Gasteiger partial charge in [-0.15, -0.1) is 0 Å². The molecule has 9 nitrogen and oxygen atoms in total. The molecule has 0 amide bonds. The van der Waals surface area contributed by atoms with Crippen LogP contribution in [-0.2, 0) is 0 Å². The molecule has 2 heterocycles. The third-order valence-electron chi connectivity index (χ3n) is 5.44. The number of halogens is 1. The molecule has 4 rings (SSSR count). The fourth-order valence-corrected chi connectivity index (χ4v) is 3.66. The van der Waals surface area contributed by atoms with E-state index in [4.69, 9.17) is 10.5 Å². The summed E-state index contributed by atoms with van der Waals surface area (Å²) < 4.78 is 21.0. The van der Waals surface area contributed by atoms with E-state index < -0.39 is 0 Å². The zero-order valence-electron chi connectivity index (χ0n) is 19.4. The van der Waals surface area contributed by atoms with Crippen LogP contribution in [0, 0.1) is 17.1 Å². The summed E-state index contributed by atoms with van der Waals surface area (Å²) in [5.41, 5.74) is 9.45. The van der Waals surface area contributed by atoms with Gasteiger partial charge >= 0.3 is 0 Å². The van der Waals surface area contributed by atoms with E-state index in [1.807, 2.05) is 6.92 Å². The number of para-hydroxylation sites is 1. The number of rotatable bonds is 7. The molecule has 0 fully saturated rings. The largest absolute Gasteiger partial charge is 0.497 e. The maximum Gasteiger partial charge on any atom is 0.148 e. The van der Waals surface area contributed by atoms with E-state index in [0.29, 0.717) is 39.7 Å². The van der Waals surface area contributed by atoms with Gasteiger partial charge in [0, 0.05) is 24.4 Å². The zero-order valence-corrected chi connectivity index (χ0v) is 19.4. The average Bonchev–Trinajstić information content (AvgIpc) is 3.36. The summed E-state index contributed by atoms with van der Waals surface area (Å²) in [6.07, 6.45) is 4.76. The molecule has 1 unspecified atom stereocenters. The molecule has 3 N–H and O–H groups in total. The highest BCUT2D eigenvalue weighted by atomic mass is 19.1. The predicted molar refractivity (Wildman–Crippen MR) is 131 cm³/mol. The topological polar surface area (TPSA) is 127 Å². The summed E-state index contributed by atoms with van der Waals surface area (Å²) in [6.45, 7) is 1.92. The molecule has 0 saturated heterocycles. The lowest BCUT2D eigenvalue weighted by Gasteiger charge is -2.18. The van der Waals surface area contributed by atoms with Crippen molar-refractivity contribution in [3.63, 3.8) is 0 Å². The van der Waals surface area contributed by atoms with Gasteiger partial charge in [0.05, 0.1) is 42.3 Å². The number of nitrogens with two attached hydrogens (primary N) is 1. The van der Waals surface area contributed by atoms with Gasteiger partial charge < -0.3 is 15.8 Å². The number of benzene rings is 2. The van der Waals surface area contributed by atoms with Crippen molar-refractivity contribution in [1.82, 2.24) is 19.7 Å². The van der Waals surface area contributed by atoms with E-state index in [9.17, 15) is 9.65 Å². The first-order chi connectivity index (χ1) is 16.9. The Morgan fingerprint density at radius 3 is 2.77 bits per heavy atom. The molecule has 176 valence electrons. The minimum Gasteiger partial charge on any atom is -0.497 e. The van der Waals surface area contributed by atoms with Gasteiger partial charge in [-0.3, -0.25) is 4.99 Å². The summed E-state index contributed by atoms with van der Waals surface area (Å²) in [5.74, 6) is 0.816. The Morgan fingerprint density at radius 1 is 1.26 bits per heavy atom. The molecule has 35 heavy (non-hydrogen) atoms. The van der Waals surface area contributed by atoms with Crippen LogP contribution in [0.25, 0.3) is 5.69 Å². The number of anilines is 2. The van der Waals surface area contributed by atoms with Crippen LogP contribution in [0.4, 0.5) is 16.0 Å². The fourth-order valence-electron chi connectivity index (χ4n) is 3.66. The number of nitrogens with zero attached hydrogens (tertiary/aromatic N) is 6. The third-order valence-corrected chi connectivity index (χ3v) is 5.44.